The van der Waals surface area contributed by atoms with Gasteiger partial charge in [-0.3, -0.25) is 0 Å². The number of hydrogen-bond donors (Lipinski definition) is 0. The number of ether oxygens (including phenoxy) is 2. The summed E-state index contributed by atoms with van der Waals surface area (Å²) in [5.74, 6) is -0.0494. The van der Waals surface area contributed by atoms with Crippen molar-refractivity contribution in [2.24, 2.45) is 0 Å². The monoisotopic (exact) mass is 209 g/mol. The summed E-state index contributed by atoms with van der Waals surface area (Å²) < 4.78 is 10.2. The van der Waals surface area contributed by atoms with Crippen molar-refractivity contribution >= 4 is 5.97 Å². The van der Waals surface area contributed by atoms with E-state index in [1.165, 1.54) is 13.3 Å². The lowest BCUT2D eigenvalue weighted by molar-refractivity contribution is 0.00596. The minimum atomic E-state index is -0.528. The van der Waals surface area contributed by atoms with Crippen LogP contribution in [0.3, 0.4) is 0 Å². The Kier molecular flexibility index (Phi) is 3.29. The van der Waals surface area contributed by atoms with Gasteiger partial charge < -0.3 is 9.47 Å². The molecule has 0 atom stereocenters. The molecule has 0 unspecified atom stereocenters. The highest BCUT2D eigenvalue weighted by atomic mass is 16.6. The van der Waals surface area contributed by atoms with Gasteiger partial charge in [-0.25, -0.2) is 9.78 Å². The van der Waals surface area contributed by atoms with Crippen LogP contribution in [-0.2, 0) is 4.74 Å². The molecular weight excluding hydrogens is 194 g/mol. The smallest absolute Gasteiger partial charge is 0.361 e. The number of esters is 1. The fourth-order valence-electron chi connectivity index (χ4n) is 1.03. The fourth-order valence-corrected chi connectivity index (χ4v) is 1.03. The number of pyridine rings is 1. The Morgan fingerprint density at radius 1 is 1.40 bits per heavy atom. The molecule has 1 rings (SSSR count). The lowest BCUT2D eigenvalue weighted by Gasteiger charge is -2.19. The van der Waals surface area contributed by atoms with Crippen molar-refractivity contribution in [3.8, 4) is 5.75 Å². The van der Waals surface area contributed by atoms with Crippen molar-refractivity contribution in [2.75, 3.05) is 7.11 Å². The topological polar surface area (TPSA) is 48.4 Å². The molecule has 0 saturated carbocycles. The molecule has 0 aromatic carbocycles. The molecule has 0 bridgehead atoms. The molecule has 15 heavy (non-hydrogen) atoms. The zero-order valence-electron chi connectivity index (χ0n) is 9.40. The van der Waals surface area contributed by atoms with Gasteiger partial charge in [-0.1, -0.05) is 0 Å². The van der Waals surface area contributed by atoms with Crippen LogP contribution in [0.4, 0.5) is 0 Å². The van der Waals surface area contributed by atoms with Crippen LogP contribution in [-0.4, -0.2) is 23.7 Å². The second-order valence-corrected chi connectivity index (χ2v) is 4.06. The highest BCUT2D eigenvalue weighted by molar-refractivity contribution is 5.90. The predicted octanol–water partition coefficient (Wildman–Crippen LogP) is 2.05. The zero-order chi connectivity index (χ0) is 11.5. The number of carbonyl (C=O) groups excluding carboxylic acids is 1. The van der Waals surface area contributed by atoms with E-state index in [-0.39, 0.29) is 5.69 Å². The number of hydrogen-bond acceptors (Lipinski definition) is 4. The highest BCUT2D eigenvalue weighted by Crippen LogP contribution is 2.18. The quantitative estimate of drug-likeness (QED) is 0.699. The molecule has 4 nitrogen and oxygen atoms in total. The Hall–Kier alpha value is -1.58. The van der Waals surface area contributed by atoms with E-state index in [9.17, 15) is 4.79 Å². The lowest BCUT2D eigenvalue weighted by atomic mass is 10.2. The minimum absolute atomic E-state index is 0.204. The van der Waals surface area contributed by atoms with Gasteiger partial charge in [0.15, 0.2) is 11.4 Å². The molecule has 0 amide bonds. The SMILES string of the molecule is COc1cccnc1C(=O)OC(C)(C)C. The van der Waals surface area contributed by atoms with E-state index < -0.39 is 11.6 Å². The molecule has 0 saturated heterocycles. The van der Waals surface area contributed by atoms with Crippen molar-refractivity contribution in [3.63, 3.8) is 0 Å². The summed E-state index contributed by atoms with van der Waals surface area (Å²) in [6.45, 7) is 5.42. The van der Waals surface area contributed by atoms with Crippen LogP contribution in [0.1, 0.15) is 31.3 Å². The van der Waals surface area contributed by atoms with E-state index in [1.54, 1.807) is 32.9 Å². The maximum atomic E-state index is 11.7. The molecule has 4 heteroatoms. The number of carbonyl (C=O) groups is 1. The van der Waals surface area contributed by atoms with Gasteiger partial charge in [0.25, 0.3) is 0 Å². The highest BCUT2D eigenvalue weighted by Gasteiger charge is 2.21. The Morgan fingerprint density at radius 2 is 2.07 bits per heavy atom. The third-order valence-corrected chi connectivity index (χ3v) is 1.58. The van der Waals surface area contributed by atoms with Crippen molar-refractivity contribution in [1.29, 1.82) is 0 Å². The standard InChI is InChI=1S/C11H15NO3/c1-11(2,3)15-10(13)9-8(14-4)6-5-7-12-9/h5-7H,1-4H3. The van der Waals surface area contributed by atoms with Gasteiger partial charge in [0, 0.05) is 6.20 Å². The van der Waals surface area contributed by atoms with Gasteiger partial charge in [0.1, 0.15) is 5.60 Å². The first-order chi connectivity index (χ1) is 6.94. The second-order valence-electron chi connectivity index (χ2n) is 4.06. The van der Waals surface area contributed by atoms with Gasteiger partial charge in [0.2, 0.25) is 0 Å². The first kappa shape index (κ1) is 11.5. The molecule has 0 aliphatic carbocycles. The minimum Gasteiger partial charge on any atom is -0.494 e. The van der Waals surface area contributed by atoms with E-state index in [0.717, 1.165) is 0 Å². The molecule has 82 valence electrons. The maximum absolute atomic E-state index is 11.7. The summed E-state index contributed by atoms with van der Waals surface area (Å²) in [7, 11) is 1.49. The molecule has 1 heterocycles. The van der Waals surface area contributed by atoms with Crippen LogP contribution in [0, 0.1) is 0 Å². The lowest BCUT2D eigenvalue weighted by Crippen LogP contribution is -2.24. The molecule has 0 fully saturated rings. The predicted molar refractivity (Wildman–Crippen MR) is 56.0 cm³/mol. The average Bonchev–Trinajstić information content (AvgIpc) is 2.15. The van der Waals surface area contributed by atoms with Gasteiger partial charge in [-0.05, 0) is 32.9 Å². The van der Waals surface area contributed by atoms with Crippen LogP contribution < -0.4 is 4.74 Å². The fraction of sp³-hybridized carbons (Fsp3) is 0.455. The Bertz CT molecular complexity index is 355. The van der Waals surface area contributed by atoms with Crippen LogP contribution in [0.5, 0.6) is 5.75 Å². The molecule has 1 aromatic heterocycles. The Labute approximate surface area is 89.2 Å². The van der Waals surface area contributed by atoms with Crippen LogP contribution in [0.2, 0.25) is 0 Å². The maximum Gasteiger partial charge on any atom is 0.361 e. The van der Waals surface area contributed by atoms with E-state index >= 15 is 0 Å². The van der Waals surface area contributed by atoms with Gasteiger partial charge in [-0.2, -0.15) is 0 Å². The number of rotatable bonds is 2. The largest absolute Gasteiger partial charge is 0.494 e. The summed E-state index contributed by atoms with van der Waals surface area (Å²) in [6, 6.07) is 3.37. The first-order valence-electron chi connectivity index (χ1n) is 4.66. The second kappa shape index (κ2) is 4.29. The van der Waals surface area contributed by atoms with E-state index in [0.29, 0.717) is 5.75 Å². The number of methoxy groups -OCH3 is 1. The normalized spacial score (nSPS) is 10.9. The molecule has 0 spiro atoms. The summed E-state index contributed by atoms with van der Waals surface area (Å²) >= 11 is 0. The van der Waals surface area contributed by atoms with Gasteiger partial charge in [0.05, 0.1) is 7.11 Å². The number of nitrogens with zero attached hydrogens (tertiary/aromatic N) is 1. The molecular formula is C11H15NO3. The van der Waals surface area contributed by atoms with Crippen molar-refractivity contribution < 1.29 is 14.3 Å². The Morgan fingerprint density at radius 3 is 2.60 bits per heavy atom. The molecule has 1 aromatic rings. The molecule has 0 aliphatic heterocycles. The summed E-state index contributed by atoms with van der Waals surface area (Å²) in [6.07, 6.45) is 1.53. The molecule has 0 radical (unpaired) electrons. The number of aromatic nitrogens is 1. The van der Waals surface area contributed by atoms with E-state index in [4.69, 9.17) is 9.47 Å². The molecule has 0 aliphatic rings. The summed E-state index contributed by atoms with van der Waals surface area (Å²) in [5, 5.41) is 0. The van der Waals surface area contributed by atoms with Gasteiger partial charge >= 0.3 is 5.97 Å². The van der Waals surface area contributed by atoms with Crippen LogP contribution in [0.15, 0.2) is 18.3 Å². The first-order valence-corrected chi connectivity index (χ1v) is 4.66. The van der Waals surface area contributed by atoms with Crippen LogP contribution >= 0.6 is 0 Å². The third kappa shape index (κ3) is 3.23. The Balaban J connectivity index is 2.91. The van der Waals surface area contributed by atoms with Gasteiger partial charge in [-0.15, -0.1) is 0 Å². The van der Waals surface area contributed by atoms with Crippen molar-refractivity contribution in [2.45, 2.75) is 26.4 Å². The third-order valence-electron chi connectivity index (χ3n) is 1.58. The van der Waals surface area contributed by atoms with E-state index in [1.807, 2.05) is 0 Å². The van der Waals surface area contributed by atoms with Crippen LogP contribution in [0.25, 0.3) is 0 Å². The summed E-state index contributed by atoms with van der Waals surface area (Å²) in [5.41, 5.74) is -0.325. The average molecular weight is 209 g/mol. The van der Waals surface area contributed by atoms with E-state index in [2.05, 4.69) is 4.98 Å². The van der Waals surface area contributed by atoms with Crippen molar-refractivity contribution in [1.82, 2.24) is 4.98 Å². The molecule has 0 N–H and O–H groups in total. The van der Waals surface area contributed by atoms with Crippen molar-refractivity contribution in [3.05, 3.63) is 24.0 Å². The zero-order valence-corrected chi connectivity index (χ0v) is 9.40. The summed E-state index contributed by atoms with van der Waals surface area (Å²) in [4.78, 5) is 15.6.